The normalized spacial score (nSPS) is 19.2. The van der Waals surface area contributed by atoms with Gasteiger partial charge in [0.25, 0.3) is 11.8 Å². The van der Waals surface area contributed by atoms with Gasteiger partial charge in [-0.25, -0.2) is 9.59 Å². The lowest BCUT2D eigenvalue weighted by Crippen LogP contribution is -2.58. The van der Waals surface area contributed by atoms with Gasteiger partial charge in [0, 0.05) is 13.1 Å². The number of guanidine groups is 1. The summed E-state index contributed by atoms with van der Waals surface area (Å²) in [6, 6.07) is 10.4. The van der Waals surface area contributed by atoms with Gasteiger partial charge in [-0.3, -0.25) is 19.3 Å². The van der Waals surface area contributed by atoms with Crippen LogP contribution in [-0.4, -0.2) is 76.4 Å². The van der Waals surface area contributed by atoms with Crippen LogP contribution in [0.3, 0.4) is 0 Å². The summed E-state index contributed by atoms with van der Waals surface area (Å²) < 4.78 is 10.5. The molecule has 2 saturated heterocycles. The monoisotopic (exact) mass is 688 g/mol. The number of carbonyl (C=O) groups excluding carboxylic acids is 5. The molecule has 2 aliphatic heterocycles. The van der Waals surface area contributed by atoms with E-state index in [0.29, 0.717) is 31.2 Å². The van der Waals surface area contributed by atoms with Gasteiger partial charge in [0.1, 0.15) is 30.3 Å². The predicted octanol–water partition coefficient (Wildman–Crippen LogP) is 4.31. The number of carbonyl (C=O) groups is 5. The molecule has 4 rings (SSSR count). The number of hydrogen-bond donors (Lipinski definition) is 3. The van der Waals surface area contributed by atoms with E-state index in [1.54, 1.807) is 51.1 Å². The average Bonchev–Trinajstić information content (AvgIpc) is 3.51. The number of nitrogens with one attached hydrogen (secondary N) is 2. The van der Waals surface area contributed by atoms with Gasteiger partial charge in [-0.1, -0.05) is 59.6 Å². The fraction of sp³-hybridized carbons (Fsp3) is 0.438. The Morgan fingerprint density at radius 2 is 1.72 bits per heavy atom. The Labute approximate surface area is 282 Å². The number of likely N-dealkylation sites (tertiary alicyclic amines) is 2. The SMILES string of the molecule is CC(C)(C)OC(=O)NC(C(=O)N1CCC[C@H]1C(=O)N[C@H]1CCCN(/C(N)=N/C(=O)OCc2ccccc2)C1=O)c1ccc(Cl)c(Cl)c1. The fourth-order valence-electron chi connectivity index (χ4n) is 5.28. The van der Waals surface area contributed by atoms with E-state index < -0.39 is 53.6 Å². The van der Waals surface area contributed by atoms with Crippen LogP contribution < -0.4 is 16.4 Å². The zero-order chi connectivity index (χ0) is 34.3. The van der Waals surface area contributed by atoms with Gasteiger partial charge >= 0.3 is 12.2 Å². The van der Waals surface area contributed by atoms with Crippen LogP contribution in [0, 0.1) is 0 Å². The molecule has 1 unspecified atom stereocenters. The molecule has 5 amide bonds. The second kappa shape index (κ2) is 15.5. The Morgan fingerprint density at radius 1 is 1.02 bits per heavy atom. The number of ether oxygens (including phenoxy) is 2. The van der Waals surface area contributed by atoms with Crippen molar-refractivity contribution in [2.45, 2.75) is 76.8 Å². The number of piperidine rings is 1. The molecule has 15 heteroatoms. The van der Waals surface area contributed by atoms with Crippen LogP contribution in [0.2, 0.25) is 10.0 Å². The van der Waals surface area contributed by atoms with Crippen LogP contribution in [0.1, 0.15) is 63.6 Å². The maximum atomic E-state index is 14.0. The van der Waals surface area contributed by atoms with Crippen molar-refractivity contribution in [3.8, 4) is 0 Å². The highest BCUT2D eigenvalue weighted by molar-refractivity contribution is 6.42. The standard InChI is InChI=1S/C32H38Cl2N6O7/c1-32(2,3)47-31(45)37-25(20-13-14-21(33)22(34)17-20)28(43)39-15-8-12-24(39)26(41)36-23-11-7-16-40(27(23)42)29(35)38-30(44)46-18-19-9-5-4-6-10-19/h4-6,9-10,13-14,17,23-25H,7-8,11-12,15-16,18H2,1-3H3,(H,36,41)(H,37,45)(H2,35,38,44)/t23-,24-,25?/m0/s1. The third-order valence-electron chi connectivity index (χ3n) is 7.47. The van der Waals surface area contributed by atoms with Gasteiger partial charge < -0.3 is 30.7 Å². The molecular weight excluding hydrogens is 651 g/mol. The van der Waals surface area contributed by atoms with Gasteiger partial charge in [-0.05, 0) is 69.7 Å². The van der Waals surface area contributed by atoms with Gasteiger partial charge in [-0.15, -0.1) is 4.99 Å². The first-order chi connectivity index (χ1) is 22.2. The summed E-state index contributed by atoms with van der Waals surface area (Å²) in [6.07, 6.45) is -0.155. The van der Waals surface area contributed by atoms with E-state index in [0.717, 1.165) is 10.5 Å². The summed E-state index contributed by atoms with van der Waals surface area (Å²) >= 11 is 12.3. The molecule has 2 aromatic carbocycles. The van der Waals surface area contributed by atoms with E-state index in [2.05, 4.69) is 15.6 Å². The van der Waals surface area contributed by atoms with E-state index in [1.807, 2.05) is 6.07 Å². The number of halogens is 2. The highest BCUT2D eigenvalue weighted by atomic mass is 35.5. The van der Waals surface area contributed by atoms with E-state index in [-0.39, 0.29) is 35.7 Å². The molecule has 0 aromatic heterocycles. The molecule has 13 nitrogen and oxygen atoms in total. The second-order valence-corrected chi connectivity index (χ2v) is 13.0. The summed E-state index contributed by atoms with van der Waals surface area (Å²) in [6.45, 7) is 5.48. The molecule has 3 atom stereocenters. The third-order valence-corrected chi connectivity index (χ3v) is 8.21. The van der Waals surface area contributed by atoms with Crippen molar-refractivity contribution < 1.29 is 33.4 Å². The first-order valence-corrected chi connectivity index (χ1v) is 15.9. The number of nitrogens with zero attached hydrogens (tertiary/aromatic N) is 3. The number of benzene rings is 2. The summed E-state index contributed by atoms with van der Waals surface area (Å²) in [5.41, 5.74) is 6.27. The van der Waals surface area contributed by atoms with Crippen LogP contribution in [0.5, 0.6) is 0 Å². The molecule has 2 fully saturated rings. The van der Waals surface area contributed by atoms with Crippen molar-refractivity contribution in [3.63, 3.8) is 0 Å². The molecule has 2 heterocycles. The smallest absolute Gasteiger partial charge is 0.437 e. The Kier molecular flexibility index (Phi) is 11.7. The highest BCUT2D eigenvalue weighted by Gasteiger charge is 2.41. The Balaban J connectivity index is 1.44. The molecule has 0 saturated carbocycles. The maximum absolute atomic E-state index is 14.0. The van der Waals surface area contributed by atoms with Crippen LogP contribution >= 0.6 is 23.2 Å². The summed E-state index contributed by atoms with van der Waals surface area (Å²) in [7, 11) is 0. The van der Waals surface area contributed by atoms with Gasteiger partial charge in [0.2, 0.25) is 11.9 Å². The Bertz CT molecular complexity index is 1530. The van der Waals surface area contributed by atoms with E-state index >= 15 is 0 Å². The maximum Gasteiger partial charge on any atom is 0.437 e. The first-order valence-electron chi connectivity index (χ1n) is 15.1. The van der Waals surface area contributed by atoms with Crippen LogP contribution in [0.25, 0.3) is 0 Å². The van der Waals surface area contributed by atoms with Crippen molar-refractivity contribution in [3.05, 3.63) is 69.7 Å². The number of aliphatic imine (C=N–C) groups is 1. The second-order valence-electron chi connectivity index (χ2n) is 12.1. The topological polar surface area (TPSA) is 173 Å². The molecular formula is C32H38Cl2N6O7. The Morgan fingerprint density at radius 3 is 2.40 bits per heavy atom. The van der Waals surface area contributed by atoms with Crippen molar-refractivity contribution >= 4 is 59.1 Å². The average molecular weight is 690 g/mol. The molecule has 2 aliphatic rings. The molecule has 0 radical (unpaired) electrons. The van der Waals surface area contributed by atoms with Crippen LogP contribution in [-0.2, 0) is 30.5 Å². The van der Waals surface area contributed by atoms with Crippen LogP contribution in [0.15, 0.2) is 53.5 Å². The number of hydrogen-bond acceptors (Lipinski definition) is 7. The van der Waals surface area contributed by atoms with E-state index in [4.69, 9.17) is 38.4 Å². The lowest BCUT2D eigenvalue weighted by atomic mass is 10.0. The minimum atomic E-state index is -1.24. The largest absolute Gasteiger partial charge is 0.444 e. The number of rotatable bonds is 7. The third kappa shape index (κ3) is 9.58. The summed E-state index contributed by atoms with van der Waals surface area (Å²) in [4.78, 5) is 72.0. The van der Waals surface area contributed by atoms with Crippen LogP contribution in [0.4, 0.5) is 9.59 Å². The Hall–Kier alpha value is -4.36. The van der Waals surface area contributed by atoms with Gasteiger partial charge in [0.15, 0.2) is 0 Å². The van der Waals surface area contributed by atoms with E-state index in [9.17, 15) is 24.0 Å². The number of amides is 5. The van der Waals surface area contributed by atoms with E-state index in [1.165, 1.54) is 17.0 Å². The van der Waals surface area contributed by atoms with Gasteiger partial charge in [-0.2, -0.15) is 0 Å². The number of nitrogens with two attached hydrogens (primary N) is 1. The molecule has 0 spiro atoms. The molecule has 4 N–H and O–H groups in total. The fourth-order valence-corrected chi connectivity index (χ4v) is 5.59. The molecule has 2 aromatic rings. The minimum absolute atomic E-state index is 0.0150. The molecule has 0 aliphatic carbocycles. The zero-order valence-electron chi connectivity index (χ0n) is 26.3. The molecule has 47 heavy (non-hydrogen) atoms. The highest BCUT2D eigenvalue weighted by Crippen LogP contribution is 2.29. The quantitative estimate of drug-likeness (QED) is 0.285. The van der Waals surface area contributed by atoms with Crippen molar-refractivity contribution in [1.29, 1.82) is 0 Å². The lowest BCUT2D eigenvalue weighted by Gasteiger charge is -2.33. The summed E-state index contributed by atoms with van der Waals surface area (Å²) in [5.74, 6) is -1.99. The zero-order valence-corrected chi connectivity index (χ0v) is 27.8. The van der Waals surface area contributed by atoms with Crippen molar-refractivity contribution in [2.75, 3.05) is 13.1 Å². The number of alkyl carbamates (subject to hydrolysis) is 1. The lowest BCUT2D eigenvalue weighted by molar-refractivity contribution is -0.142. The predicted molar refractivity (Wildman–Crippen MR) is 174 cm³/mol. The van der Waals surface area contributed by atoms with Crippen molar-refractivity contribution in [1.82, 2.24) is 20.4 Å². The van der Waals surface area contributed by atoms with Gasteiger partial charge in [0.05, 0.1) is 10.0 Å². The summed E-state index contributed by atoms with van der Waals surface area (Å²) in [5, 5.41) is 5.79. The van der Waals surface area contributed by atoms with Crippen molar-refractivity contribution in [2.24, 2.45) is 10.7 Å². The minimum Gasteiger partial charge on any atom is -0.444 e. The first kappa shape index (κ1) is 35.5. The molecule has 252 valence electrons. The molecule has 0 bridgehead atoms.